The molecule has 8 heteroatoms. The normalized spacial score (nSPS) is 11.3. The first-order valence-corrected chi connectivity index (χ1v) is 10.0. The predicted molar refractivity (Wildman–Crippen MR) is 126 cm³/mol. The second-order valence-corrected chi connectivity index (χ2v) is 7.36. The molecule has 158 valence electrons. The largest absolute Gasteiger partial charge is 0.347 e. The summed E-state index contributed by atoms with van der Waals surface area (Å²) in [6.07, 6.45) is 0. The third-order valence-corrected chi connectivity index (χ3v) is 5.10. The molecule has 0 heterocycles. The number of aryl methyl sites for hydroxylation is 1. The van der Waals surface area contributed by atoms with Crippen LogP contribution in [0.15, 0.2) is 72.8 Å². The number of nitro benzene ring substituents is 1. The van der Waals surface area contributed by atoms with Gasteiger partial charge in [-0.05, 0) is 54.9 Å². The van der Waals surface area contributed by atoms with Crippen LogP contribution >= 0.6 is 12.2 Å². The van der Waals surface area contributed by atoms with E-state index in [0.29, 0.717) is 11.3 Å². The first kappa shape index (κ1) is 21.9. The number of hydrogen-bond acceptors (Lipinski definition) is 4. The van der Waals surface area contributed by atoms with Crippen molar-refractivity contribution in [3.8, 4) is 0 Å². The van der Waals surface area contributed by atoms with Gasteiger partial charge < -0.3 is 16.0 Å². The molecule has 0 aliphatic heterocycles. The summed E-state index contributed by atoms with van der Waals surface area (Å²) in [6.45, 7) is 3.92. The van der Waals surface area contributed by atoms with E-state index < -0.39 is 11.0 Å². The summed E-state index contributed by atoms with van der Waals surface area (Å²) >= 11 is 5.36. The van der Waals surface area contributed by atoms with Crippen molar-refractivity contribution < 1.29 is 9.72 Å². The Hall–Kier alpha value is -3.78. The van der Waals surface area contributed by atoms with Crippen molar-refractivity contribution in [2.24, 2.45) is 0 Å². The van der Waals surface area contributed by atoms with Gasteiger partial charge in [0.05, 0.1) is 4.92 Å². The molecule has 3 rings (SSSR count). The van der Waals surface area contributed by atoms with Gasteiger partial charge in [0.25, 0.3) is 11.6 Å². The monoisotopic (exact) mass is 434 g/mol. The Morgan fingerprint density at radius 1 is 0.903 bits per heavy atom. The highest BCUT2D eigenvalue weighted by Crippen LogP contribution is 2.24. The summed E-state index contributed by atoms with van der Waals surface area (Å²) in [4.78, 5) is 23.9. The van der Waals surface area contributed by atoms with E-state index in [4.69, 9.17) is 12.2 Å². The summed E-state index contributed by atoms with van der Waals surface area (Å²) in [7, 11) is 0. The molecule has 0 aliphatic rings. The van der Waals surface area contributed by atoms with Gasteiger partial charge >= 0.3 is 0 Å². The molecule has 3 aromatic carbocycles. The molecule has 0 saturated carbocycles. The van der Waals surface area contributed by atoms with E-state index >= 15 is 0 Å². The molecule has 0 spiro atoms. The van der Waals surface area contributed by atoms with E-state index in [-0.39, 0.29) is 22.4 Å². The number of carbonyl (C=O) groups is 1. The molecule has 0 radical (unpaired) electrons. The highest BCUT2D eigenvalue weighted by atomic mass is 32.1. The van der Waals surface area contributed by atoms with E-state index in [0.717, 1.165) is 11.1 Å². The van der Waals surface area contributed by atoms with Crippen molar-refractivity contribution in [1.82, 2.24) is 5.32 Å². The lowest BCUT2D eigenvalue weighted by Crippen LogP contribution is -2.39. The number of thiocarbonyl (C=S) groups is 1. The minimum absolute atomic E-state index is 0.0965. The Morgan fingerprint density at radius 2 is 1.55 bits per heavy atom. The first-order chi connectivity index (χ1) is 14.9. The van der Waals surface area contributed by atoms with Gasteiger partial charge in [0.1, 0.15) is 11.7 Å². The fourth-order valence-electron chi connectivity index (χ4n) is 3.07. The minimum atomic E-state index is -0.802. The van der Waals surface area contributed by atoms with Crippen LogP contribution in [0.4, 0.5) is 17.1 Å². The lowest BCUT2D eigenvalue weighted by atomic mass is 10.0. The fourth-order valence-corrected chi connectivity index (χ4v) is 3.29. The third kappa shape index (κ3) is 5.43. The van der Waals surface area contributed by atoms with Gasteiger partial charge in [0, 0.05) is 11.8 Å². The summed E-state index contributed by atoms with van der Waals surface area (Å²) in [6, 6.07) is 20.2. The van der Waals surface area contributed by atoms with Crippen LogP contribution in [0.2, 0.25) is 0 Å². The Kier molecular flexibility index (Phi) is 6.94. The maximum atomic E-state index is 13.2. The van der Waals surface area contributed by atoms with Crippen molar-refractivity contribution in [1.29, 1.82) is 0 Å². The predicted octanol–water partition coefficient (Wildman–Crippen LogP) is 4.88. The standard InChI is InChI=1S/C23H22N4O3S/c1-15-9-8-13-18(16(15)2)24-22(28)21(17-10-4-3-5-11-17)26-23(31)25-19-12-6-7-14-20(19)27(29)30/h3-14,21H,1-2H3,(H,24,28)(H2,25,26,31). The summed E-state index contributed by atoms with van der Waals surface area (Å²) in [5, 5.41) is 20.1. The van der Waals surface area contributed by atoms with E-state index in [2.05, 4.69) is 16.0 Å². The fraction of sp³-hybridized carbons (Fsp3) is 0.130. The molecule has 0 bridgehead atoms. The smallest absolute Gasteiger partial charge is 0.292 e. The minimum Gasteiger partial charge on any atom is -0.347 e. The molecule has 0 aromatic heterocycles. The first-order valence-electron chi connectivity index (χ1n) is 9.60. The highest BCUT2D eigenvalue weighted by Gasteiger charge is 2.23. The molecule has 1 atom stereocenters. The topological polar surface area (TPSA) is 96.3 Å². The number of nitrogens with one attached hydrogen (secondary N) is 3. The summed E-state index contributed by atoms with van der Waals surface area (Å²) < 4.78 is 0. The number of benzene rings is 3. The van der Waals surface area contributed by atoms with Crippen LogP contribution in [0.5, 0.6) is 0 Å². The van der Waals surface area contributed by atoms with E-state index in [9.17, 15) is 14.9 Å². The van der Waals surface area contributed by atoms with Gasteiger partial charge in [0.15, 0.2) is 5.11 Å². The van der Waals surface area contributed by atoms with E-state index in [1.54, 1.807) is 18.2 Å². The summed E-state index contributed by atoms with van der Waals surface area (Å²) in [5.41, 5.74) is 3.59. The quantitative estimate of drug-likeness (QED) is 0.291. The third-order valence-electron chi connectivity index (χ3n) is 4.88. The molecule has 31 heavy (non-hydrogen) atoms. The molecule has 1 amide bonds. The average Bonchev–Trinajstić information content (AvgIpc) is 2.76. The van der Waals surface area contributed by atoms with Crippen molar-refractivity contribution in [2.75, 3.05) is 10.6 Å². The second-order valence-electron chi connectivity index (χ2n) is 6.95. The highest BCUT2D eigenvalue weighted by molar-refractivity contribution is 7.80. The van der Waals surface area contributed by atoms with Crippen LogP contribution in [0.3, 0.4) is 0 Å². The number of hydrogen-bond donors (Lipinski definition) is 3. The molecule has 7 nitrogen and oxygen atoms in total. The number of amides is 1. The van der Waals surface area contributed by atoms with Gasteiger partial charge in [0.2, 0.25) is 0 Å². The number of carbonyl (C=O) groups excluding carboxylic acids is 1. The Morgan fingerprint density at radius 3 is 2.26 bits per heavy atom. The molecule has 0 fully saturated rings. The molecule has 3 aromatic rings. The Balaban J connectivity index is 1.83. The zero-order valence-corrected chi connectivity index (χ0v) is 17.9. The van der Waals surface area contributed by atoms with Gasteiger partial charge in [-0.25, -0.2) is 0 Å². The van der Waals surface area contributed by atoms with Crippen LogP contribution in [0.25, 0.3) is 0 Å². The summed E-state index contributed by atoms with van der Waals surface area (Å²) in [5.74, 6) is -0.299. The van der Waals surface area contributed by atoms with Crippen LogP contribution in [0.1, 0.15) is 22.7 Å². The average molecular weight is 435 g/mol. The van der Waals surface area contributed by atoms with Crippen LogP contribution in [-0.4, -0.2) is 15.9 Å². The second kappa shape index (κ2) is 9.82. The van der Waals surface area contributed by atoms with Crippen molar-refractivity contribution in [3.05, 3.63) is 99.6 Å². The SMILES string of the molecule is Cc1cccc(NC(=O)C(NC(=S)Nc2ccccc2[N+](=O)[O-])c2ccccc2)c1C. The number of anilines is 2. The zero-order chi connectivity index (χ0) is 22.4. The number of rotatable bonds is 6. The molecule has 0 saturated heterocycles. The lowest BCUT2D eigenvalue weighted by Gasteiger charge is -2.22. The van der Waals surface area contributed by atoms with E-state index in [1.807, 2.05) is 62.4 Å². The number of nitro groups is 1. The van der Waals surface area contributed by atoms with Crippen LogP contribution in [0, 0.1) is 24.0 Å². The van der Waals surface area contributed by atoms with Gasteiger partial charge in [-0.3, -0.25) is 14.9 Å². The maximum absolute atomic E-state index is 13.2. The van der Waals surface area contributed by atoms with Crippen LogP contribution in [-0.2, 0) is 4.79 Å². The van der Waals surface area contributed by atoms with Crippen LogP contribution < -0.4 is 16.0 Å². The van der Waals surface area contributed by atoms with Crippen molar-refractivity contribution in [2.45, 2.75) is 19.9 Å². The number of para-hydroxylation sites is 2. The molecular formula is C23H22N4O3S. The molecule has 0 aliphatic carbocycles. The Bertz CT molecular complexity index is 1120. The molecule has 3 N–H and O–H groups in total. The zero-order valence-electron chi connectivity index (χ0n) is 17.1. The van der Waals surface area contributed by atoms with E-state index in [1.165, 1.54) is 6.07 Å². The van der Waals surface area contributed by atoms with Crippen molar-refractivity contribution >= 4 is 40.3 Å². The maximum Gasteiger partial charge on any atom is 0.292 e. The molecular weight excluding hydrogens is 412 g/mol. The molecule has 1 unspecified atom stereocenters. The Labute approximate surface area is 185 Å². The van der Waals surface area contributed by atoms with Gasteiger partial charge in [-0.15, -0.1) is 0 Å². The van der Waals surface area contributed by atoms with Gasteiger partial charge in [-0.1, -0.05) is 54.6 Å². The van der Waals surface area contributed by atoms with Gasteiger partial charge in [-0.2, -0.15) is 0 Å². The number of nitrogens with zero attached hydrogens (tertiary/aromatic N) is 1. The van der Waals surface area contributed by atoms with Crippen molar-refractivity contribution in [3.63, 3.8) is 0 Å². The lowest BCUT2D eigenvalue weighted by molar-refractivity contribution is -0.383.